The average Bonchev–Trinajstić information content (AvgIpc) is 3.10. The molecule has 0 amide bonds. The highest BCUT2D eigenvalue weighted by Gasteiger charge is 2.18. The van der Waals surface area contributed by atoms with Gasteiger partial charge in [0.25, 0.3) is 0 Å². The Balaban J connectivity index is 0.00000364. The van der Waals surface area contributed by atoms with E-state index < -0.39 is 0 Å². The number of nitrogens with zero attached hydrogens (tertiary/aromatic N) is 2. The van der Waals surface area contributed by atoms with Crippen LogP contribution >= 0.6 is 24.0 Å². The van der Waals surface area contributed by atoms with E-state index in [1.807, 2.05) is 0 Å². The minimum atomic E-state index is -0.0367. The van der Waals surface area contributed by atoms with E-state index in [-0.39, 0.29) is 29.4 Å². The van der Waals surface area contributed by atoms with Crippen LogP contribution in [0.25, 0.3) is 0 Å². The van der Waals surface area contributed by atoms with Crippen molar-refractivity contribution in [2.75, 3.05) is 13.1 Å². The van der Waals surface area contributed by atoms with Gasteiger partial charge in [0.05, 0.1) is 6.20 Å². The smallest absolute Gasteiger partial charge is 0.216 e. The number of halogens is 1. The van der Waals surface area contributed by atoms with Crippen LogP contribution in [0.4, 0.5) is 0 Å². The van der Waals surface area contributed by atoms with Gasteiger partial charge < -0.3 is 15.1 Å². The highest BCUT2D eigenvalue weighted by molar-refractivity contribution is 14.0. The van der Waals surface area contributed by atoms with E-state index in [4.69, 9.17) is 4.42 Å². The Kier molecular flexibility index (Phi) is 9.83. The summed E-state index contributed by atoms with van der Waals surface area (Å²) in [6.07, 6.45) is 3.83. The number of hydrogen-bond donors (Lipinski definition) is 2. The molecule has 1 aromatic heterocycles. The molecule has 2 N–H and O–H groups in total. The molecule has 6 heteroatoms. The Morgan fingerprint density at radius 1 is 1.07 bits per heavy atom. The second-order valence-corrected chi connectivity index (χ2v) is 7.41. The number of oxazole rings is 1. The lowest BCUT2D eigenvalue weighted by Gasteiger charge is -2.13. The summed E-state index contributed by atoms with van der Waals surface area (Å²) in [7, 11) is 0. The fourth-order valence-corrected chi connectivity index (χ4v) is 2.49. The van der Waals surface area contributed by atoms with Crippen LogP contribution in [0.2, 0.25) is 0 Å². The molecule has 27 heavy (non-hydrogen) atoms. The monoisotopic (exact) mass is 484 g/mol. The van der Waals surface area contributed by atoms with E-state index in [9.17, 15) is 0 Å². The molecule has 5 nitrogen and oxygen atoms in total. The number of hydrogen-bond acceptors (Lipinski definition) is 3. The van der Waals surface area contributed by atoms with Crippen LogP contribution < -0.4 is 10.6 Å². The van der Waals surface area contributed by atoms with E-state index >= 15 is 0 Å². The number of rotatable bonds is 7. The first-order valence-electron chi connectivity index (χ1n) is 9.47. The first kappa shape index (κ1) is 23.5. The maximum Gasteiger partial charge on any atom is 0.216 e. The van der Waals surface area contributed by atoms with E-state index in [0.717, 1.165) is 37.7 Å². The van der Waals surface area contributed by atoms with Gasteiger partial charge in [-0.25, -0.2) is 9.98 Å². The van der Waals surface area contributed by atoms with Gasteiger partial charge in [-0.05, 0) is 30.9 Å². The number of nitrogens with one attached hydrogen (secondary N) is 2. The topological polar surface area (TPSA) is 62.5 Å². The second kappa shape index (κ2) is 11.3. The minimum Gasteiger partial charge on any atom is -0.443 e. The van der Waals surface area contributed by atoms with Crippen molar-refractivity contribution < 1.29 is 4.42 Å². The molecule has 0 aliphatic rings. The lowest BCUT2D eigenvalue weighted by molar-refractivity contribution is 0.383. The predicted molar refractivity (Wildman–Crippen MR) is 123 cm³/mol. The zero-order valence-electron chi connectivity index (χ0n) is 17.1. The lowest BCUT2D eigenvalue weighted by Crippen LogP contribution is -2.38. The van der Waals surface area contributed by atoms with Crippen LogP contribution in [-0.2, 0) is 24.8 Å². The molecule has 2 rings (SSSR count). The molecule has 0 radical (unpaired) electrons. The fourth-order valence-electron chi connectivity index (χ4n) is 2.49. The zero-order chi connectivity index (χ0) is 19.0. The number of aromatic nitrogens is 1. The summed E-state index contributed by atoms with van der Waals surface area (Å²) < 4.78 is 5.80. The molecule has 0 bridgehead atoms. The third-order valence-electron chi connectivity index (χ3n) is 4.15. The fraction of sp³-hybridized carbons (Fsp3) is 0.524. The molecule has 0 spiro atoms. The van der Waals surface area contributed by atoms with Crippen LogP contribution in [0.5, 0.6) is 0 Å². The van der Waals surface area contributed by atoms with Crippen molar-refractivity contribution in [1.82, 2.24) is 15.6 Å². The van der Waals surface area contributed by atoms with Crippen molar-refractivity contribution in [2.24, 2.45) is 4.99 Å². The van der Waals surface area contributed by atoms with E-state index in [1.54, 1.807) is 6.20 Å². The van der Waals surface area contributed by atoms with Crippen LogP contribution in [0.1, 0.15) is 57.4 Å². The van der Waals surface area contributed by atoms with Crippen molar-refractivity contribution in [3.05, 3.63) is 53.2 Å². The Labute approximate surface area is 180 Å². The van der Waals surface area contributed by atoms with Crippen molar-refractivity contribution in [3.63, 3.8) is 0 Å². The molecule has 2 aromatic rings. The molecule has 1 aromatic carbocycles. The molecule has 0 fully saturated rings. The number of aryl methyl sites for hydroxylation is 1. The molecule has 0 saturated carbocycles. The summed E-state index contributed by atoms with van der Waals surface area (Å²) in [5.41, 5.74) is 2.66. The second-order valence-electron chi connectivity index (χ2n) is 7.41. The summed E-state index contributed by atoms with van der Waals surface area (Å²) in [5, 5.41) is 6.64. The average molecular weight is 484 g/mol. The molecule has 0 aliphatic heterocycles. The minimum absolute atomic E-state index is 0. The van der Waals surface area contributed by atoms with Crippen molar-refractivity contribution in [3.8, 4) is 0 Å². The van der Waals surface area contributed by atoms with Gasteiger partial charge in [0.1, 0.15) is 12.3 Å². The van der Waals surface area contributed by atoms with Gasteiger partial charge in [-0.2, -0.15) is 0 Å². The number of guanidine groups is 1. The maximum atomic E-state index is 5.80. The van der Waals surface area contributed by atoms with Gasteiger partial charge in [0, 0.05) is 18.5 Å². The maximum absolute atomic E-state index is 5.80. The van der Waals surface area contributed by atoms with E-state index in [1.165, 1.54) is 11.1 Å². The summed E-state index contributed by atoms with van der Waals surface area (Å²) in [6, 6.07) is 8.80. The summed E-state index contributed by atoms with van der Waals surface area (Å²) >= 11 is 0. The van der Waals surface area contributed by atoms with Gasteiger partial charge in [-0.3, -0.25) is 0 Å². The molecule has 0 saturated heterocycles. The molecular weight excluding hydrogens is 451 g/mol. The molecule has 0 atom stereocenters. The standard InChI is InChI=1S/C21H32N4O.HI/c1-6-16-8-10-17(11-9-16)12-13-23-20(22-7-2)25-15-19-24-14-18(26-19)21(3,4)5;/h8-11,14H,6-7,12-13,15H2,1-5H3,(H2,22,23,25);1H. The molecule has 1 heterocycles. The Morgan fingerprint density at radius 2 is 1.74 bits per heavy atom. The van der Waals surface area contributed by atoms with Crippen LogP contribution in [0.15, 0.2) is 39.9 Å². The van der Waals surface area contributed by atoms with Gasteiger partial charge in [0.2, 0.25) is 5.89 Å². The number of aliphatic imine (C=N–C) groups is 1. The van der Waals surface area contributed by atoms with E-state index in [2.05, 4.69) is 79.5 Å². The first-order valence-corrected chi connectivity index (χ1v) is 9.47. The van der Waals surface area contributed by atoms with Crippen LogP contribution in [0, 0.1) is 0 Å². The largest absolute Gasteiger partial charge is 0.443 e. The molecule has 150 valence electrons. The third kappa shape index (κ3) is 7.91. The third-order valence-corrected chi connectivity index (χ3v) is 4.15. The highest BCUT2D eigenvalue weighted by Crippen LogP contribution is 2.22. The van der Waals surface area contributed by atoms with Gasteiger partial charge in [-0.15, -0.1) is 24.0 Å². The Morgan fingerprint density at radius 3 is 2.30 bits per heavy atom. The summed E-state index contributed by atoms with van der Waals surface area (Å²) in [6.45, 7) is 12.6. The summed E-state index contributed by atoms with van der Waals surface area (Å²) in [4.78, 5) is 8.91. The predicted octanol–water partition coefficient (Wildman–Crippen LogP) is 4.45. The normalized spacial score (nSPS) is 11.8. The SMILES string of the molecule is CCNC(=NCc1ncc(C(C)(C)C)o1)NCCc1ccc(CC)cc1.I. The summed E-state index contributed by atoms with van der Waals surface area (Å²) in [5.74, 6) is 2.31. The number of benzene rings is 1. The highest BCUT2D eigenvalue weighted by atomic mass is 127. The van der Waals surface area contributed by atoms with E-state index in [0.29, 0.717) is 12.4 Å². The molecular formula is C21H33IN4O. The van der Waals surface area contributed by atoms with Gasteiger partial charge >= 0.3 is 0 Å². The molecule has 0 aliphatic carbocycles. The van der Waals surface area contributed by atoms with Crippen LogP contribution in [0.3, 0.4) is 0 Å². The van der Waals surface area contributed by atoms with Crippen molar-refractivity contribution in [2.45, 2.75) is 59.4 Å². The van der Waals surface area contributed by atoms with Crippen molar-refractivity contribution >= 4 is 29.9 Å². The van der Waals surface area contributed by atoms with Gasteiger partial charge in [-0.1, -0.05) is 52.0 Å². The molecule has 0 unspecified atom stereocenters. The Bertz CT molecular complexity index is 702. The Hall–Kier alpha value is -1.57. The lowest BCUT2D eigenvalue weighted by atomic mass is 9.94. The quantitative estimate of drug-likeness (QED) is 0.346. The first-order chi connectivity index (χ1) is 12.4. The van der Waals surface area contributed by atoms with Gasteiger partial charge in [0.15, 0.2) is 5.96 Å². The van der Waals surface area contributed by atoms with Crippen molar-refractivity contribution in [1.29, 1.82) is 0 Å². The van der Waals surface area contributed by atoms with Crippen LogP contribution in [-0.4, -0.2) is 24.0 Å². The zero-order valence-corrected chi connectivity index (χ0v) is 19.5.